The fourth-order valence-corrected chi connectivity index (χ4v) is 19.5. The van der Waals surface area contributed by atoms with Gasteiger partial charge in [0.1, 0.15) is 0 Å². The summed E-state index contributed by atoms with van der Waals surface area (Å²) in [5, 5.41) is 4.82. The molecule has 21 aromatic rings. The molecule has 23 rings (SSSR count). The number of hydrogen-bond donors (Lipinski definition) is 0. The number of benzene rings is 19. The Bertz CT molecular complexity index is 7340. The van der Waals surface area contributed by atoms with E-state index in [1.54, 1.807) is 0 Å². The van der Waals surface area contributed by atoms with Crippen LogP contribution in [0.25, 0.3) is 166 Å². The van der Waals surface area contributed by atoms with Crippen LogP contribution < -0.4 is 26.2 Å². The zero-order chi connectivity index (χ0) is 81.8. The average molecular weight is 1570 g/mol. The molecule has 2 aliphatic rings. The molecule has 0 unspecified atom stereocenters. The largest absolute Gasteiger partial charge is 0.311 e. The monoisotopic (exact) mass is 1570 g/mol. The molecule has 2 aliphatic heterocycles. The molecule has 0 radical (unpaired) electrons. The SMILES string of the molecule is CC(C)(C)c1ccc(-c2cc3c4c(c2)N(c2cc(-c5ccccc5)cc(-c5ccccc5)c2)c2cc(-n5c6ccc(-c7ccccc7)cc6c6cc(-c7ccccc7)ccc65)ccc2B4c2ccc(-c4ccc(-n5c6ccc(-c7ccccc7)cc6c6cc(-c7ccccc7)ccc65)cc4)cc2N3c2cc(-c3ccccc3)cc(-c3ccccc3)c2)cc1. The van der Waals surface area contributed by atoms with Crippen molar-refractivity contribution in [3.8, 4) is 123 Å². The van der Waals surface area contributed by atoms with Crippen LogP contribution >= 0.6 is 0 Å². The summed E-state index contributed by atoms with van der Waals surface area (Å²) in [5.74, 6) is 0. The number of rotatable bonds is 14. The Morgan fingerprint density at radius 1 is 0.179 bits per heavy atom. The quantitative estimate of drug-likeness (QED) is 0.101. The molecule has 123 heavy (non-hydrogen) atoms. The highest BCUT2D eigenvalue weighted by Gasteiger charge is 2.45. The predicted octanol–water partition coefficient (Wildman–Crippen LogP) is 29.9. The van der Waals surface area contributed by atoms with E-state index >= 15 is 0 Å². The molecule has 0 N–H and O–H groups in total. The lowest BCUT2D eigenvalue weighted by Gasteiger charge is -2.45. The Morgan fingerprint density at radius 3 is 0.764 bits per heavy atom. The van der Waals surface area contributed by atoms with Gasteiger partial charge >= 0.3 is 0 Å². The molecule has 0 fully saturated rings. The lowest BCUT2D eigenvalue weighted by molar-refractivity contribution is 0.590. The minimum absolute atomic E-state index is 0.0685. The van der Waals surface area contributed by atoms with Gasteiger partial charge in [-0.3, -0.25) is 0 Å². The van der Waals surface area contributed by atoms with Gasteiger partial charge in [0.25, 0.3) is 6.71 Å². The Balaban J connectivity index is 0.788. The van der Waals surface area contributed by atoms with Crippen LogP contribution in [0.2, 0.25) is 0 Å². The minimum atomic E-state index is -0.257. The van der Waals surface area contributed by atoms with Crippen molar-refractivity contribution >= 4 is 101 Å². The molecule has 578 valence electrons. The van der Waals surface area contributed by atoms with E-state index in [0.717, 1.165) is 134 Å². The van der Waals surface area contributed by atoms with E-state index in [1.807, 2.05) is 0 Å². The van der Waals surface area contributed by atoms with Crippen LogP contribution in [-0.2, 0) is 5.41 Å². The highest BCUT2D eigenvalue weighted by Crippen LogP contribution is 2.51. The Hall–Kier alpha value is -15.6. The number of hydrogen-bond acceptors (Lipinski definition) is 2. The molecule has 0 atom stereocenters. The summed E-state index contributed by atoms with van der Waals surface area (Å²) in [6.45, 7) is 6.67. The predicted molar refractivity (Wildman–Crippen MR) is 522 cm³/mol. The molecule has 0 amide bonds. The van der Waals surface area contributed by atoms with Crippen LogP contribution in [-0.4, -0.2) is 15.8 Å². The fraction of sp³-hybridized carbons (Fsp3) is 0.0339. The van der Waals surface area contributed by atoms with Gasteiger partial charge in [-0.05, 0) is 266 Å². The second-order valence-corrected chi connectivity index (χ2v) is 34.0. The standard InChI is InChI=1S/C118H83BN4/c1-118(2,3)98-53-44-87(45-54-98)97-75-115-117-116(76-97)123(102-68-95(84-40-24-10-25-41-84)65-96(69-102)85-42-26-11-27-43-85)114-77-100(121-111-62-51-90(80-32-16-6-17-33-80)72-105(111)106-73-91(52-63-112(106)121)81-34-18-7-19-35-81)57-59-108(114)119(117)107-58-48-92(74-113(107)122(115)101-66-93(82-36-20-8-21-37-82)64-94(67-101)83-38-22-9-23-39-83)86-46-55-99(56-47-86)120-109-60-49-88(78-28-12-4-13-29-78)70-103(109)104-71-89(50-61-110(104)120)79-30-14-5-15-31-79/h4-77H,1-3H3. The minimum Gasteiger partial charge on any atom is -0.311 e. The molecular weight excluding hydrogens is 1480 g/mol. The molecule has 0 saturated carbocycles. The van der Waals surface area contributed by atoms with Crippen LogP contribution in [0.1, 0.15) is 26.3 Å². The molecule has 4 heterocycles. The van der Waals surface area contributed by atoms with Crippen molar-refractivity contribution in [2.45, 2.75) is 26.2 Å². The molecule has 0 bridgehead atoms. The summed E-state index contributed by atoms with van der Waals surface area (Å²) in [4.78, 5) is 5.28. The number of nitrogens with zero attached hydrogens (tertiary/aromatic N) is 4. The zero-order valence-corrected chi connectivity index (χ0v) is 68.6. The van der Waals surface area contributed by atoms with Crippen molar-refractivity contribution in [2.24, 2.45) is 0 Å². The van der Waals surface area contributed by atoms with Crippen molar-refractivity contribution in [1.82, 2.24) is 9.13 Å². The van der Waals surface area contributed by atoms with Crippen molar-refractivity contribution < 1.29 is 0 Å². The highest BCUT2D eigenvalue weighted by molar-refractivity contribution is 7.00. The molecule has 0 saturated heterocycles. The molecular formula is C118H83BN4. The lowest BCUT2D eigenvalue weighted by Crippen LogP contribution is -2.61. The summed E-state index contributed by atoms with van der Waals surface area (Å²) in [6.07, 6.45) is 0. The van der Waals surface area contributed by atoms with Gasteiger partial charge in [-0.1, -0.05) is 342 Å². The van der Waals surface area contributed by atoms with Crippen LogP contribution in [0.3, 0.4) is 0 Å². The van der Waals surface area contributed by atoms with Crippen LogP contribution in [0.15, 0.2) is 449 Å². The summed E-state index contributed by atoms with van der Waals surface area (Å²) in [5.41, 5.74) is 41.2. The fourth-order valence-electron chi connectivity index (χ4n) is 19.5. The maximum atomic E-state index is 2.64. The van der Waals surface area contributed by atoms with E-state index in [2.05, 4.69) is 489 Å². The van der Waals surface area contributed by atoms with E-state index in [1.165, 1.54) is 88.0 Å². The Morgan fingerprint density at radius 2 is 0.423 bits per heavy atom. The summed E-state index contributed by atoms with van der Waals surface area (Å²) in [7, 11) is 0. The molecule has 19 aromatic carbocycles. The first-order chi connectivity index (χ1) is 60.6. The van der Waals surface area contributed by atoms with E-state index in [9.17, 15) is 0 Å². The average Bonchev–Trinajstić information content (AvgIpc) is 1.33. The van der Waals surface area contributed by atoms with Gasteiger partial charge in [-0.15, -0.1) is 0 Å². The van der Waals surface area contributed by atoms with Gasteiger partial charge in [-0.2, -0.15) is 0 Å². The maximum Gasteiger partial charge on any atom is 0.252 e. The summed E-state index contributed by atoms with van der Waals surface area (Å²) >= 11 is 0. The van der Waals surface area contributed by atoms with Gasteiger partial charge in [-0.25, -0.2) is 0 Å². The number of aromatic nitrogens is 2. The van der Waals surface area contributed by atoms with Crippen molar-refractivity contribution in [1.29, 1.82) is 0 Å². The first-order valence-corrected chi connectivity index (χ1v) is 42.8. The smallest absolute Gasteiger partial charge is 0.252 e. The Kier molecular flexibility index (Phi) is 17.6. The molecule has 5 heteroatoms. The maximum absolute atomic E-state index is 2.64. The van der Waals surface area contributed by atoms with Crippen molar-refractivity contribution in [2.75, 3.05) is 9.80 Å². The summed E-state index contributed by atoms with van der Waals surface area (Å²) in [6, 6.07) is 168. The zero-order valence-electron chi connectivity index (χ0n) is 68.6. The third kappa shape index (κ3) is 12.9. The topological polar surface area (TPSA) is 16.3 Å². The lowest BCUT2D eigenvalue weighted by atomic mass is 9.33. The molecule has 0 spiro atoms. The highest BCUT2D eigenvalue weighted by atomic mass is 15.2. The normalized spacial score (nSPS) is 12.3. The van der Waals surface area contributed by atoms with Gasteiger partial charge < -0.3 is 18.9 Å². The van der Waals surface area contributed by atoms with E-state index in [-0.39, 0.29) is 12.1 Å². The second-order valence-electron chi connectivity index (χ2n) is 34.0. The van der Waals surface area contributed by atoms with Crippen molar-refractivity contribution in [3.63, 3.8) is 0 Å². The van der Waals surface area contributed by atoms with E-state index < -0.39 is 0 Å². The van der Waals surface area contributed by atoms with E-state index in [0.29, 0.717) is 0 Å². The van der Waals surface area contributed by atoms with Crippen molar-refractivity contribution in [3.05, 3.63) is 454 Å². The van der Waals surface area contributed by atoms with Crippen LogP contribution in [0.5, 0.6) is 0 Å². The van der Waals surface area contributed by atoms with Gasteiger partial charge in [0.15, 0.2) is 0 Å². The first-order valence-electron chi connectivity index (χ1n) is 42.8. The van der Waals surface area contributed by atoms with Crippen LogP contribution in [0, 0.1) is 0 Å². The third-order valence-electron chi connectivity index (χ3n) is 25.6. The molecule has 4 nitrogen and oxygen atoms in total. The molecule has 0 aliphatic carbocycles. The summed E-state index contributed by atoms with van der Waals surface area (Å²) < 4.78 is 4.99. The Labute approximate surface area is 718 Å². The van der Waals surface area contributed by atoms with Crippen LogP contribution in [0.4, 0.5) is 34.1 Å². The van der Waals surface area contributed by atoms with Gasteiger partial charge in [0.05, 0.1) is 22.1 Å². The first kappa shape index (κ1) is 72.7. The van der Waals surface area contributed by atoms with Gasteiger partial charge in [0.2, 0.25) is 0 Å². The van der Waals surface area contributed by atoms with Gasteiger partial charge in [0, 0.05) is 67.0 Å². The molecule has 2 aromatic heterocycles. The second kappa shape index (κ2) is 29.8. The number of anilines is 6. The van der Waals surface area contributed by atoms with E-state index in [4.69, 9.17) is 0 Å². The third-order valence-corrected chi connectivity index (χ3v) is 25.6. The number of fused-ring (bicyclic) bond motifs is 10.